The van der Waals surface area contributed by atoms with E-state index in [4.69, 9.17) is 22.7 Å². The quantitative estimate of drug-likeness (QED) is 0.859. The van der Waals surface area contributed by atoms with Crippen LogP contribution >= 0.6 is 12.2 Å². The minimum Gasteiger partial charge on any atom is -0.439 e. The van der Waals surface area contributed by atoms with E-state index in [2.05, 4.69) is 11.1 Å². The second-order valence-corrected chi connectivity index (χ2v) is 4.59. The first-order valence-electron chi connectivity index (χ1n) is 5.57. The molecule has 0 fully saturated rings. The standard InChI is InChI=1S/C14H14N2OS/c1-9-6-10(2)8-11(7-9)17-13-5-3-4-12(16-13)14(15)18/h3-8H,1-2H3,(H2,15,18). The molecule has 0 spiro atoms. The molecule has 1 aromatic carbocycles. The average Bonchev–Trinajstić information content (AvgIpc) is 2.27. The van der Waals surface area contributed by atoms with Crippen molar-refractivity contribution >= 4 is 17.2 Å². The molecule has 0 unspecified atom stereocenters. The fourth-order valence-electron chi connectivity index (χ4n) is 1.72. The zero-order valence-electron chi connectivity index (χ0n) is 10.3. The van der Waals surface area contributed by atoms with Crippen LogP contribution in [0.2, 0.25) is 0 Å². The lowest BCUT2D eigenvalue weighted by molar-refractivity contribution is 0.462. The molecule has 0 aliphatic carbocycles. The second-order valence-electron chi connectivity index (χ2n) is 4.15. The van der Waals surface area contributed by atoms with Crippen LogP contribution in [0.1, 0.15) is 16.8 Å². The van der Waals surface area contributed by atoms with Crippen molar-refractivity contribution in [1.29, 1.82) is 0 Å². The number of benzene rings is 1. The molecule has 0 aliphatic rings. The van der Waals surface area contributed by atoms with Crippen LogP contribution in [-0.2, 0) is 0 Å². The predicted octanol–water partition coefficient (Wildman–Crippen LogP) is 3.12. The van der Waals surface area contributed by atoms with Gasteiger partial charge in [-0.05, 0) is 43.2 Å². The van der Waals surface area contributed by atoms with Gasteiger partial charge < -0.3 is 10.5 Å². The van der Waals surface area contributed by atoms with Crippen LogP contribution in [0.5, 0.6) is 11.6 Å². The van der Waals surface area contributed by atoms with Gasteiger partial charge in [0, 0.05) is 6.07 Å². The van der Waals surface area contributed by atoms with E-state index in [0.717, 1.165) is 16.9 Å². The molecule has 1 aromatic heterocycles. The van der Waals surface area contributed by atoms with Crippen LogP contribution < -0.4 is 10.5 Å². The van der Waals surface area contributed by atoms with Crippen molar-refractivity contribution in [3.63, 3.8) is 0 Å². The fraction of sp³-hybridized carbons (Fsp3) is 0.143. The smallest absolute Gasteiger partial charge is 0.219 e. The van der Waals surface area contributed by atoms with Gasteiger partial charge in [-0.15, -0.1) is 0 Å². The minimum atomic E-state index is 0.265. The van der Waals surface area contributed by atoms with Crippen molar-refractivity contribution in [2.75, 3.05) is 0 Å². The maximum absolute atomic E-state index is 5.70. The van der Waals surface area contributed by atoms with Crippen molar-refractivity contribution in [1.82, 2.24) is 4.98 Å². The molecule has 0 saturated carbocycles. The highest BCUT2D eigenvalue weighted by molar-refractivity contribution is 7.80. The number of thiocarbonyl (C=S) groups is 1. The summed E-state index contributed by atoms with van der Waals surface area (Å²) in [6.45, 7) is 4.05. The zero-order valence-corrected chi connectivity index (χ0v) is 11.1. The third-order valence-corrected chi connectivity index (χ3v) is 2.60. The summed E-state index contributed by atoms with van der Waals surface area (Å²) in [5.74, 6) is 1.25. The van der Waals surface area contributed by atoms with E-state index in [-0.39, 0.29) is 4.99 Å². The van der Waals surface area contributed by atoms with E-state index in [1.54, 1.807) is 12.1 Å². The van der Waals surface area contributed by atoms with Crippen LogP contribution in [0.4, 0.5) is 0 Å². The van der Waals surface area contributed by atoms with Gasteiger partial charge in [-0.1, -0.05) is 24.4 Å². The van der Waals surface area contributed by atoms with Gasteiger partial charge in [-0.3, -0.25) is 0 Å². The topological polar surface area (TPSA) is 48.1 Å². The van der Waals surface area contributed by atoms with Gasteiger partial charge in [0.1, 0.15) is 16.4 Å². The van der Waals surface area contributed by atoms with Crippen LogP contribution in [0, 0.1) is 13.8 Å². The van der Waals surface area contributed by atoms with Gasteiger partial charge in [-0.25, -0.2) is 4.98 Å². The molecule has 1 heterocycles. The molecule has 0 radical (unpaired) electrons. The summed E-state index contributed by atoms with van der Waals surface area (Å²) in [5, 5.41) is 0. The van der Waals surface area contributed by atoms with Crippen LogP contribution in [0.25, 0.3) is 0 Å². The van der Waals surface area contributed by atoms with Gasteiger partial charge >= 0.3 is 0 Å². The molecule has 2 rings (SSSR count). The van der Waals surface area contributed by atoms with E-state index >= 15 is 0 Å². The summed E-state index contributed by atoms with van der Waals surface area (Å²) >= 11 is 4.89. The van der Waals surface area contributed by atoms with Gasteiger partial charge in [0.2, 0.25) is 5.88 Å². The Kier molecular flexibility index (Phi) is 3.58. The van der Waals surface area contributed by atoms with Crippen molar-refractivity contribution in [2.24, 2.45) is 5.73 Å². The summed E-state index contributed by atoms with van der Waals surface area (Å²) in [7, 11) is 0. The lowest BCUT2D eigenvalue weighted by Gasteiger charge is -2.07. The number of hydrogen-bond donors (Lipinski definition) is 1. The highest BCUT2D eigenvalue weighted by Gasteiger charge is 2.03. The molecule has 4 heteroatoms. The Bertz CT molecular complexity index is 576. The number of nitrogens with two attached hydrogens (primary N) is 1. The SMILES string of the molecule is Cc1cc(C)cc(Oc2cccc(C(N)=S)n2)c1. The Morgan fingerprint density at radius 2 is 1.83 bits per heavy atom. The summed E-state index contributed by atoms with van der Waals surface area (Å²) in [5.41, 5.74) is 8.40. The Morgan fingerprint density at radius 1 is 1.17 bits per heavy atom. The molecule has 0 bridgehead atoms. The molecule has 0 atom stereocenters. The van der Waals surface area contributed by atoms with Crippen LogP contribution in [-0.4, -0.2) is 9.97 Å². The third-order valence-electron chi connectivity index (χ3n) is 2.39. The van der Waals surface area contributed by atoms with Crippen LogP contribution in [0.15, 0.2) is 36.4 Å². The highest BCUT2D eigenvalue weighted by atomic mass is 32.1. The van der Waals surface area contributed by atoms with Gasteiger partial charge in [0.05, 0.1) is 0 Å². The summed E-state index contributed by atoms with van der Waals surface area (Å²) in [4.78, 5) is 4.50. The van der Waals surface area contributed by atoms with Crippen molar-refractivity contribution < 1.29 is 4.74 Å². The molecule has 0 aliphatic heterocycles. The predicted molar refractivity (Wildman–Crippen MR) is 76.1 cm³/mol. The Balaban J connectivity index is 2.28. The first kappa shape index (κ1) is 12.5. The van der Waals surface area contributed by atoms with Crippen molar-refractivity contribution in [2.45, 2.75) is 13.8 Å². The first-order chi connectivity index (χ1) is 8.54. The van der Waals surface area contributed by atoms with Crippen molar-refractivity contribution in [3.8, 4) is 11.6 Å². The number of ether oxygens (including phenoxy) is 1. The number of pyridine rings is 1. The zero-order chi connectivity index (χ0) is 13.1. The maximum Gasteiger partial charge on any atom is 0.219 e. The second kappa shape index (κ2) is 5.14. The van der Waals surface area contributed by atoms with E-state index in [9.17, 15) is 0 Å². The fourth-order valence-corrected chi connectivity index (χ4v) is 1.84. The highest BCUT2D eigenvalue weighted by Crippen LogP contribution is 2.22. The Hall–Kier alpha value is -1.94. The number of rotatable bonds is 3. The normalized spacial score (nSPS) is 10.1. The van der Waals surface area contributed by atoms with Gasteiger partial charge in [-0.2, -0.15) is 0 Å². The summed E-state index contributed by atoms with van der Waals surface area (Å²) in [6, 6.07) is 11.4. The molecule has 18 heavy (non-hydrogen) atoms. The largest absolute Gasteiger partial charge is 0.439 e. The molecule has 3 nitrogen and oxygen atoms in total. The molecular formula is C14H14N2OS. The first-order valence-corrected chi connectivity index (χ1v) is 5.98. The van der Waals surface area contributed by atoms with E-state index in [0.29, 0.717) is 11.6 Å². The van der Waals surface area contributed by atoms with E-state index in [1.165, 1.54) is 0 Å². The number of aryl methyl sites for hydroxylation is 2. The van der Waals surface area contributed by atoms with Gasteiger partial charge in [0.25, 0.3) is 0 Å². The molecule has 92 valence electrons. The van der Waals surface area contributed by atoms with E-state index in [1.807, 2.05) is 32.0 Å². The molecular weight excluding hydrogens is 244 g/mol. The van der Waals surface area contributed by atoms with E-state index < -0.39 is 0 Å². The van der Waals surface area contributed by atoms with Crippen molar-refractivity contribution in [3.05, 3.63) is 53.2 Å². The number of hydrogen-bond acceptors (Lipinski definition) is 3. The summed E-state index contributed by atoms with van der Waals surface area (Å²) < 4.78 is 5.70. The monoisotopic (exact) mass is 258 g/mol. The molecule has 2 aromatic rings. The third kappa shape index (κ3) is 3.05. The Labute approximate surface area is 112 Å². The molecule has 2 N–H and O–H groups in total. The van der Waals surface area contributed by atoms with Crippen LogP contribution in [0.3, 0.4) is 0 Å². The maximum atomic E-state index is 5.70. The molecule has 0 saturated heterocycles. The lowest BCUT2D eigenvalue weighted by atomic mass is 10.1. The Morgan fingerprint density at radius 3 is 2.44 bits per heavy atom. The molecule has 0 amide bonds. The number of nitrogens with zero attached hydrogens (tertiary/aromatic N) is 1. The minimum absolute atomic E-state index is 0.265. The average molecular weight is 258 g/mol. The lowest BCUT2D eigenvalue weighted by Crippen LogP contribution is -2.11. The van der Waals surface area contributed by atoms with Gasteiger partial charge in [0.15, 0.2) is 0 Å². The number of aromatic nitrogens is 1. The summed E-state index contributed by atoms with van der Waals surface area (Å²) in [6.07, 6.45) is 0.